The first-order valence-corrected chi connectivity index (χ1v) is 7.56. The molecule has 6 heteroatoms. The summed E-state index contributed by atoms with van der Waals surface area (Å²) in [7, 11) is 1.62. The molecule has 116 valence electrons. The number of hydrogen-bond acceptors (Lipinski definition) is 5. The lowest BCUT2D eigenvalue weighted by atomic mass is 10.2. The normalized spacial score (nSPS) is 28.1. The van der Waals surface area contributed by atoms with Gasteiger partial charge in [-0.05, 0) is 26.3 Å². The van der Waals surface area contributed by atoms with Crippen LogP contribution in [0.4, 0.5) is 0 Å². The maximum absolute atomic E-state index is 11.8. The largest absolute Gasteiger partial charge is 0.383 e. The van der Waals surface area contributed by atoms with Gasteiger partial charge in [0, 0.05) is 32.8 Å². The van der Waals surface area contributed by atoms with Crippen molar-refractivity contribution in [2.75, 3.05) is 46.5 Å². The highest BCUT2D eigenvalue weighted by Crippen LogP contribution is 2.22. The maximum atomic E-state index is 11.8. The smallest absolute Gasteiger partial charge is 0.236 e. The number of morpholine rings is 1. The quantitative estimate of drug-likeness (QED) is 0.623. The van der Waals surface area contributed by atoms with Crippen molar-refractivity contribution >= 4 is 5.91 Å². The zero-order valence-corrected chi connectivity index (χ0v) is 12.6. The number of amides is 1. The molecular weight excluding hydrogens is 258 g/mol. The van der Waals surface area contributed by atoms with Crippen LogP contribution in [0, 0.1) is 0 Å². The second kappa shape index (κ2) is 7.93. The molecule has 2 saturated heterocycles. The molecule has 1 amide bonds. The number of carbonyl (C=O) groups is 1. The average Bonchev–Trinajstić information content (AvgIpc) is 2.92. The Kier molecular flexibility index (Phi) is 6.22. The highest BCUT2D eigenvalue weighted by Gasteiger charge is 2.32. The van der Waals surface area contributed by atoms with E-state index < -0.39 is 0 Å². The lowest BCUT2D eigenvalue weighted by molar-refractivity contribution is -0.123. The fourth-order valence-corrected chi connectivity index (χ4v) is 2.84. The molecule has 3 unspecified atom stereocenters. The molecule has 2 aliphatic rings. The molecule has 3 atom stereocenters. The van der Waals surface area contributed by atoms with Crippen LogP contribution in [0.1, 0.15) is 19.8 Å². The van der Waals surface area contributed by atoms with Gasteiger partial charge in [0.1, 0.15) is 0 Å². The first-order chi connectivity index (χ1) is 9.70. The van der Waals surface area contributed by atoms with Crippen molar-refractivity contribution in [1.82, 2.24) is 15.5 Å². The van der Waals surface area contributed by atoms with Crippen LogP contribution in [0.5, 0.6) is 0 Å². The molecule has 0 aromatic carbocycles. The molecule has 0 aromatic rings. The van der Waals surface area contributed by atoms with Crippen molar-refractivity contribution in [2.24, 2.45) is 0 Å². The SMILES string of the molecule is COCCNC(=O)C(C)NCC1CN2CCCC2CO1. The molecule has 2 rings (SSSR count). The first-order valence-electron chi connectivity index (χ1n) is 7.56. The maximum Gasteiger partial charge on any atom is 0.236 e. The lowest BCUT2D eigenvalue weighted by Gasteiger charge is -2.35. The van der Waals surface area contributed by atoms with Gasteiger partial charge in [-0.25, -0.2) is 0 Å². The third-order valence-electron chi connectivity index (χ3n) is 4.11. The van der Waals surface area contributed by atoms with E-state index >= 15 is 0 Å². The van der Waals surface area contributed by atoms with E-state index in [1.54, 1.807) is 7.11 Å². The molecule has 0 spiro atoms. The van der Waals surface area contributed by atoms with Gasteiger partial charge < -0.3 is 20.1 Å². The van der Waals surface area contributed by atoms with Crippen LogP contribution in [0.15, 0.2) is 0 Å². The molecule has 20 heavy (non-hydrogen) atoms. The van der Waals surface area contributed by atoms with Crippen molar-refractivity contribution in [2.45, 2.75) is 38.0 Å². The number of ether oxygens (including phenoxy) is 2. The fraction of sp³-hybridized carbons (Fsp3) is 0.929. The Hall–Kier alpha value is -0.690. The molecule has 2 fully saturated rings. The standard InChI is InChI=1S/C14H27N3O3/c1-11(14(18)15-5-7-19-2)16-8-13-9-17-6-3-4-12(17)10-20-13/h11-13,16H,3-10H2,1-2H3,(H,15,18). The highest BCUT2D eigenvalue weighted by molar-refractivity contribution is 5.81. The molecule has 6 nitrogen and oxygen atoms in total. The molecule has 2 N–H and O–H groups in total. The third kappa shape index (κ3) is 4.41. The summed E-state index contributed by atoms with van der Waals surface area (Å²) in [5, 5.41) is 6.08. The van der Waals surface area contributed by atoms with Gasteiger partial charge in [0.25, 0.3) is 0 Å². The second-order valence-corrected chi connectivity index (χ2v) is 5.66. The average molecular weight is 285 g/mol. The van der Waals surface area contributed by atoms with E-state index in [-0.39, 0.29) is 18.1 Å². The van der Waals surface area contributed by atoms with E-state index in [4.69, 9.17) is 9.47 Å². The Labute approximate surface area is 121 Å². The summed E-state index contributed by atoms with van der Waals surface area (Å²) in [5.74, 6) is 0.0110. The molecule has 0 saturated carbocycles. The van der Waals surface area contributed by atoms with Crippen molar-refractivity contribution < 1.29 is 14.3 Å². The van der Waals surface area contributed by atoms with Crippen molar-refractivity contribution in [3.05, 3.63) is 0 Å². The summed E-state index contributed by atoms with van der Waals surface area (Å²) in [5.41, 5.74) is 0. The lowest BCUT2D eigenvalue weighted by Crippen LogP contribution is -2.52. The summed E-state index contributed by atoms with van der Waals surface area (Å²) >= 11 is 0. The van der Waals surface area contributed by atoms with Crippen LogP contribution in [-0.4, -0.2) is 75.5 Å². The molecule has 0 aliphatic carbocycles. The first kappa shape index (κ1) is 15.7. The van der Waals surface area contributed by atoms with Crippen molar-refractivity contribution in [1.29, 1.82) is 0 Å². The number of fused-ring (bicyclic) bond motifs is 1. The van der Waals surface area contributed by atoms with E-state index in [9.17, 15) is 4.79 Å². The number of carbonyl (C=O) groups excluding carboxylic acids is 1. The fourth-order valence-electron chi connectivity index (χ4n) is 2.84. The summed E-state index contributed by atoms with van der Waals surface area (Å²) in [6, 6.07) is 0.424. The minimum Gasteiger partial charge on any atom is -0.383 e. The number of methoxy groups -OCH3 is 1. The monoisotopic (exact) mass is 285 g/mol. The van der Waals surface area contributed by atoms with Gasteiger partial charge in [0.05, 0.1) is 25.4 Å². The van der Waals surface area contributed by atoms with Crippen molar-refractivity contribution in [3.63, 3.8) is 0 Å². The van der Waals surface area contributed by atoms with E-state index in [1.807, 2.05) is 6.92 Å². The van der Waals surface area contributed by atoms with Crippen LogP contribution in [0.2, 0.25) is 0 Å². The zero-order chi connectivity index (χ0) is 14.4. The van der Waals surface area contributed by atoms with Crippen molar-refractivity contribution in [3.8, 4) is 0 Å². The minimum absolute atomic E-state index is 0.0110. The Morgan fingerprint density at radius 2 is 2.40 bits per heavy atom. The Bertz CT molecular complexity index is 314. The van der Waals surface area contributed by atoms with Gasteiger partial charge in [-0.3, -0.25) is 9.69 Å². The molecule has 2 heterocycles. The van der Waals surface area contributed by atoms with Crippen LogP contribution in [-0.2, 0) is 14.3 Å². The van der Waals surface area contributed by atoms with Crippen LogP contribution in [0.25, 0.3) is 0 Å². The number of nitrogens with zero attached hydrogens (tertiary/aromatic N) is 1. The van der Waals surface area contributed by atoms with E-state index in [0.29, 0.717) is 19.2 Å². The Morgan fingerprint density at radius 3 is 3.20 bits per heavy atom. The number of rotatable bonds is 7. The summed E-state index contributed by atoms with van der Waals surface area (Å²) in [6.07, 6.45) is 2.74. The Morgan fingerprint density at radius 1 is 1.55 bits per heavy atom. The summed E-state index contributed by atoms with van der Waals surface area (Å²) < 4.78 is 10.8. The molecule has 0 radical (unpaired) electrons. The summed E-state index contributed by atoms with van der Waals surface area (Å²) in [6.45, 7) is 6.71. The van der Waals surface area contributed by atoms with Crippen LogP contribution < -0.4 is 10.6 Å². The zero-order valence-electron chi connectivity index (χ0n) is 12.6. The van der Waals surface area contributed by atoms with E-state index in [0.717, 1.165) is 19.7 Å². The second-order valence-electron chi connectivity index (χ2n) is 5.66. The third-order valence-corrected chi connectivity index (χ3v) is 4.11. The highest BCUT2D eigenvalue weighted by atomic mass is 16.5. The minimum atomic E-state index is -0.202. The topological polar surface area (TPSA) is 62.8 Å². The molecule has 0 bridgehead atoms. The van der Waals surface area contributed by atoms with Crippen LogP contribution in [0.3, 0.4) is 0 Å². The van der Waals surface area contributed by atoms with Gasteiger partial charge in [-0.1, -0.05) is 0 Å². The van der Waals surface area contributed by atoms with Gasteiger partial charge in [0.2, 0.25) is 5.91 Å². The predicted octanol–water partition coefficient (Wildman–Crippen LogP) is -0.410. The summed E-state index contributed by atoms with van der Waals surface area (Å²) in [4.78, 5) is 14.3. The Balaban J connectivity index is 1.63. The van der Waals surface area contributed by atoms with Gasteiger partial charge in [-0.2, -0.15) is 0 Å². The van der Waals surface area contributed by atoms with Gasteiger partial charge in [0.15, 0.2) is 0 Å². The van der Waals surface area contributed by atoms with Crippen LogP contribution >= 0.6 is 0 Å². The van der Waals surface area contributed by atoms with Gasteiger partial charge >= 0.3 is 0 Å². The predicted molar refractivity (Wildman–Crippen MR) is 76.7 cm³/mol. The molecular formula is C14H27N3O3. The number of hydrogen-bond donors (Lipinski definition) is 2. The molecule has 0 aromatic heterocycles. The van der Waals surface area contributed by atoms with E-state index in [1.165, 1.54) is 19.4 Å². The van der Waals surface area contributed by atoms with Gasteiger partial charge in [-0.15, -0.1) is 0 Å². The molecule has 2 aliphatic heterocycles. The van der Waals surface area contributed by atoms with E-state index in [2.05, 4.69) is 15.5 Å². The number of nitrogens with one attached hydrogen (secondary N) is 2.